The molecule has 0 saturated carbocycles. The van der Waals surface area contributed by atoms with Crippen molar-refractivity contribution in [2.24, 2.45) is 5.10 Å². The summed E-state index contributed by atoms with van der Waals surface area (Å²) >= 11 is 0. The van der Waals surface area contributed by atoms with Crippen molar-refractivity contribution >= 4 is 12.1 Å². The third-order valence-corrected chi connectivity index (χ3v) is 3.87. The van der Waals surface area contributed by atoms with Crippen molar-refractivity contribution < 1.29 is 9.53 Å². The van der Waals surface area contributed by atoms with Gasteiger partial charge in [-0.15, -0.1) is 0 Å². The molecule has 1 rings (SSSR count). The first-order valence-corrected chi connectivity index (χ1v) is 9.31. The van der Waals surface area contributed by atoms with Gasteiger partial charge in [-0.05, 0) is 25.5 Å². The Morgan fingerprint density at radius 1 is 1.04 bits per heavy atom. The first kappa shape index (κ1) is 20.2. The minimum absolute atomic E-state index is 0.0221. The lowest BCUT2D eigenvalue weighted by Crippen LogP contribution is -2.17. The Labute approximate surface area is 146 Å². The zero-order chi connectivity index (χ0) is 17.5. The summed E-state index contributed by atoms with van der Waals surface area (Å²) in [6.45, 7) is 4.78. The molecule has 0 unspecified atom stereocenters. The highest BCUT2D eigenvalue weighted by Crippen LogP contribution is 2.15. The standard InChI is InChI=1S/C20H32N2O2/c1-3-5-6-7-8-9-10-11-16-20(23)22-21-17-18-14-12-13-15-19(18)24-4-2/h12-15,17H,3-11,16H2,1-2H3,(H,22,23). The van der Waals surface area contributed by atoms with Gasteiger partial charge in [-0.25, -0.2) is 5.43 Å². The minimum atomic E-state index is -0.0221. The number of unbranched alkanes of at least 4 members (excludes halogenated alkanes) is 7. The van der Waals surface area contributed by atoms with E-state index in [4.69, 9.17) is 4.74 Å². The summed E-state index contributed by atoms with van der Waals surface area (Å²) in [7, 11) is 0. The van der Waals surface area contributed by atoms with E-state index in [-0.39, 0.29) is 5.91 Å². The zero-order valence-electron chi connectivity index (χ0n) is 15.2. The SMILES string of the molecule is CCCCCCCCCCC(=O)NN=Cc1ccccc1OCC. The fourth-order valence-corrected chi connectivity index (χ4v) is 2.52. The molecule has 0 radical (unpaired) electrons. The third kappa shape index (κ3) is 9.33. The predicted molar refractivity (Wildman–Crippen MR) is 101 cm³/mol. The van der Waals surface area contributed by atoms with E-state index in [1.165, 1.54) is 38.5 Å². The molecule has 134 valence electrons. The topological polar surface area (TPSA) is 50.7 Å². The Morgan fingerprint density at radius 2 is 1.71 bits per heavy atom. The number of rotatable bonds is 13. The maximum absolute atomic E-state index is 11.8. The summed E-state index contributed by atoms with van der Waals surface area (Å²) in [6.07, 6.45) is 12.0. The fourth-order valence-electron chi connectivity index (χ4n) is 2.52. The number of hydrogen-bond acceptors (Lipinski definition) is 3. The summed E-state index contributed by atoms with van der Waals surface area (Å²) < 4.78 is 5.52. The quantitative estimate of drug-likeness (QED) is 0.311. The van der Waals surface area contributed by atoms with Crippen LogP contribution in [0.15, 0.2) is 29.4 Å². The van der Waals surface area contributed by atoms with E-state index in [9.17, 15) is 4.79 Å². The summed E-state index contributed by atoms with van der Waals surface area (Å²) in [6, 6.07) is 7.65. The zero-order valence-corrected chi connectivity index (χ0v) is 15.2. The van der Waals surface area contributed by atoms with Crippen LogP contribution in [0.2, 0.25) is 0 Å². The highest BCUT2D eigenvalue weighted by Gasteiger charge is 2.01. The molecule has 0 atom stereocenters. The first-order chi connectivity index (χ1) is 11.8. The molecule has 0 aliphatic heterocycles. The van der Waals surface area contributed by atoms with Crippen LogP contribution in [-0.2, 0) is 4.79 Å². The molecule has 4 heteroatoms. The van der Waals surface area contributed by atoms with E-state index in [1.54, 1.807) is 6.21 Å². The number of carbonyl (C=O) groups excluding carboxylic acids is 1. The van der Waals surface area contributed by atoms with Gasteiger partial charge >= 0.3 is 0 Å². The Bertz CT molecular complexity index is 486. The van der Waals surface area contributed by atoms with Crippen LogP contribution in [0.25, 0.3) is 0 Å². The van der Waals surface area contributed by atoms with Crippen LogP contribution in [0, 0.1) is 0 Å². The Morgan fingerprint density at radius 3 is 2.42 bits per heavy atom. The summed E-state index contributed by atoms with van der Waals surface area (Å²) in [5, 5.41) is 4.03. The number of carbonyl (C=O) groups is 1. The molecule has 4 nitrogen and oxygen atoms in total. The second-order valence-corrected chi connectivity index (χ2v) is 5.99. The largest absolute Gasteiger partial charge is 0.493 e. The normalized spacial score (nSPS) is 10.9. The third-order valence-electron chi connectivity index (χ3n) is 3.87. The molecule has 0 aromatic heterocycles. The molecular weight excluding hydrogens is 300 g/mol. The van der Waals surface area contributed by atoms with Crippen LogP contribution in [0.1, 0.15) is 77.2 Å². The van der Waals surface area contributed by atoms with Gasteiger partial charge in [0.15, 0.2) is 0 Å². The van der Waals surface area contributed by atoms with Gasteiger partial charge in [-0.2, -0.15) is 5.10 Å². The number of nitrogens with one attached hydrogen (secondary N) is 1. The minimum Gasteiger partial charge on any atom is -0.493 e. The lowest BCUT2D eigenvalue weighted by molar-refractivity contribution is -0.121. The maximum Gasteiger partial charge on any atom is 0.240 e. The number of ether oxygens (including phenoxy) is 1. The van der Waals surface area contributed by atoms with E-state index < -0.39 is 0 Å². The Kier molecular flexibility index (Phi) is 11.4. The van der Waals surface area contributed by atoms with E-state index in [0.717, 1.165) is 24.2 Å². The summed E-state index contributed by atoms with van der Waals surface area (Å²) in [4.78, 5) is 11.8. The van der Waals surface area contributed by atoms with Gasteiger partial charge in [0.1, 0.15) is 5.75 Å². The summed E-state index contributed by atoms with van der Waals surface area (Å²) in [5.74, 6) is 0.757. The number of amides is 1. The van der Waals surface area contributed by atoms with Crippen LogP contribution >= 0.6 is 0 Å². The molecule has 24 heavy (non-hydrogen) atoms. The summed E-state index contributed by atoms with van der Waals surface area (Å²) in [5.41, 5.74) is 3.46. The van der Waals surface area contributed by atoms with Crippen LogP contribution in [-0.4, -0.2) is 18.7 Å². The lowest BCUT2D eigenvalue weighted by Gasteiger charge is -2.06. The van der Waals surface area contributed by atoms with Crippen LogP contribution < -0.4 is 10.2 Å². The van der Waals surface area contributed by atoms with E-state index in [0.29, 0.717) is 13.0 Å². The Balaban J connectivity index is 2.15. The van der Waals surface area contributed by atoms with Crippen LogP contribution in [0.5, 0.6) is 5.75 Å². The van der Waals surface area contributed by atoms with Crippen molar-refractivity contribution in [3.05, 3.63) is 29.8 Å². The lowest BCUT2D eigenvalue weighted by atomic mass is 10.1. The van der Waals surface area contributed by atoms with Crippen molar-refractivity contribution in [3.63, 3.8) is 0 Å². The van der Waals surface area contributed by atoms with Crippen molar-refractivity contribution in [2.75, 3.05) is 6.61 Å². The van der Waals surface area contributed by atoms with Gasteiger partial charge in [0.2, 0.25) is 5.91 Å². The van der Waals surface area contributed by atoms with Gasteiger partial charge < -0.3 is 4.74 Å². The van der Waals surface area contributed by atoms with Crippen molar-refractivity contribution in [1.82, 2.24) is 5.43 Å². The monoisotopic (exact) mass is 332 g/mol. The molecule has 0 aliphatic carbocycles. The maximum atomic E-state index is 11.8. The second kappa shape index (κ2) is 13.6. The van der Waals surface area contributed by atoms with Crippen LogP contribution in [0.3, 0.4) is 0 Å². The molecule has 1 aromatic rings. The molecule has 1 amide bonds. The highest BCUT2D eigenvalue weighted by atomic mass is 16.5. The average Bonchev–Trinajstić information content (AvgIpc) is 2.59. The molecule has 0 fully saturated rings. The molecule has 0 bridgehead atoms. The van der Waals surface area contributed by atoms with Crippen molar-refractivity contribution in [1.29, 1.82) is 0 Å². The van der Waals surface area contributed by atoms with Crippen molar-refractivity contribution in [2.45, 2.75) is 71.6 Å². The van der Waals surface area contributed by atoms with Crippen LogP contribution in [0.4, 0.5) is 0 Å². The number of benzene rings is 1. The average molecular weight is 332 g/mol. The molecule has 0 spiro atoms. The Hall–Kier alpha value is -1.84. The van der Waals surface area contributed by atoms with Gasteiger partial charge in [0.25, 0.3) is 0 Å². The molecule has 0 saturated heterocycles. The molecular formula is C20H32N2O2. The highest BCUT2D eigenvalue weighted by molar-refractivity contribution is 5.85. The van der Waals surface area contributed by atoms with E-state index in [2.05, 4.69) is 17.5 Å². The van der Waals surface area contributed by atoms with Gasteiger partial charge in [-0.3, -0.25) is 4.79 Å². The van der Waals surface area contributed by atoms with Gasteiger partial charge in [-0.1, -0.05) is 64.0 Å². The van der Waals surface area contributed by atoms with E-state index >= 15 is 0 Å². The molecule has 0 heterocycles. The predicted octanol–water partition coefficient (Wildman–Crippen LogP) is 5.07. The number of hydrogen-bond donors (Lipinski definition) is 1. The molecule has 1 N–H and O–H groups in total. The van der Waals surface area contributed by atoms with Gasteiger partial charge in [0, 0.05) is 12.0 Å². The molecule has 1 aromatic carbocycles. The van der Waals surface area contributed by atoms with Crippen molar-refractivity contribution in [3.8, 4) is 5.75 Å². The number of nitrogens with zero attached hydrogens (tertiary/aromatic N) is 1. The smallest absolute Gasteiger partial charge is 0.240 e. The molecule has 0 aliphatic rings. The fraction of sp³-hybridized carbons (Fsp3) is 0.600. The number of hydrazone groups is 1. The second-order valence-electron chi connectivity index (χ2n) is 5.99. The van der Waals surface area contributed by atoms with E-state index in [1.807, 2.05) is 31.2 Å². The number of para-hydroxylation sites is 1. The first-order valence-electron chi connectivity index (χ1n) is 9.31. The van der Waals surface area contributed by atoms with Gasteiger partial charge in [0.05, 0.1) is 12.8 Å².